The average molecular weight is 473 g/mol. The first-order valence-corrected chi connectivity index (χ1v) is 9.36. The summed E-state index contributed by atoms with van der Waals surface area (Å²) in [6.07, 6.45) is 0. The van der Waals surface area contributed by atoms with Crippen LogP contribution in [0.2, 0.25) is 0 Å². The smallest absolute Gasteiger partial charge is 0.193 e. The normalized spacial score (nSPS) is 16.3. The fraction of sp³-hybridized carbons (Fsp3) is 0.650. The molecule has 0 unspecified atom stereocenters. The molecule has 2 N–H and O–H groups in total. The number of halogens is 1. The van der Waals surface area contributed by atoms with Gasteiger partial charge in [-0.2, -0.15) is 0 Å². The second-order valence-corrected chi connectivity index (χ2v) is 7.90. The molecule has 5 nitrogen and oxygen atoms in total. The van der Waals surface area contributed by atoms with Crippen LogP contribution in [0, 0.1) is 6.92 Å². The van der Waals surface area contributed by atoms with E-state index in [9.17, 15) is 0 Å². The van der Waals surface area contributed by atoms with Gasteiger partial charge in [0.1, 0.15) is 0 Å². The van der Waals surface area contributed by atoms with Crippen LogP contribution in [0.3, 0.4) is 0 Å². The monoisotopic (exact) mass is 473 g/mol. The number of guanidine groups is 1. The molecule has 1 aromatic rings. The number of aliphatic imine (C=N–C) groups is 1. The lowest BCUT2D eigenvalue weighted by Gasteiger charge is -2.36. The van der Waals surface area contributed by atoms with E-state index in [4.69, 9.17) is 0 Å². The zero-order valence-electron chi connectivity index (χ0n) is 17.0. The number of benzene rings is 1. The zero-order chi connectivity index (χ0) is 18.3. The Labute approximate surface area is 176 Å². The molecule has 0 bridgehead atoms. The number of hydrogen-bond donors (Lipinski definition) is 2. The van der Waals surface area contributed by atoms with Crippen molar-refractivity contribution in [3.63, 3.8) is 0 Å². The molecule has 0 aliphatic carbocycles. The van der Waals surface area contributed by atoms with Crippen LogP contribution in [0.4, 0.5) is 0 Å². The minimum Gasteiger partial charge on any atom is -0.355 e. The zero-order valence-corrected chi connectivity index (χ0v) is 19.3. The maximum atomic E-state index is 4.45. The first kappa shape index (κ1) is 23.2. The Morgan fingerprint density at radius 2 is 1.81 bits per heavy atom. The SMILES string of the molecule is CN=C(NCCNC(C)(C)C)N1CCN(Cc2cccc(C)c2)CC1.I. The second-order valence-electron chi connectivity index (χ2n) is 7.90. The Balaban J connectivity index is 0.00000338. The molecule has 26 heavy (non-hydrogen) atoms. The van der Waals surface area contributed by atoms with E-state index in [0.717, 1.165) is 51.8 Å². The van der Waals surface area contributed by atoms with Crippen molar-refractivity contribution in [3.05, 3.63) is 35.4 Å². The molecule has 0 spiro atoms. The molecule has 0 radical (unpaired) electrons. The van der Waals surface area contributed by atoms with Crippen LogP contribution in [0.25, 0.3) is 0 Å². The molecular formula is C20H36IN5. The third-order valence-corrected chi connectivity index (χ3v) is 4.44. The maximum Gasteiger partial charge on any atom is 0.193 e. The number of hydrogen-bond acceptors (Lipinski definition) is 3. The molecule has 1 heterocycles. The summed E-state index contributed by atoms with van der Waals surface area (Å²) in [5, 5.41) is 6.98. The third-order valence-electron chi connectivity index (χ3n) is 4.44. The quantitative estimate of drug-likeness (QED) is 0.299. The largest absolute Gasteiger partial charge is 0.355 e. The number of piperazine rings is 1. The summed E-state index contributed by atoms with van der Waals surface area (Å²) in [6, 6.07) is 8.82. The summed E-state index contributed by atoms with van der Waals surface area (Å²) in [5.74, 6) is 1.02. The number of nitrogens with zero attached hydrogens (tertiary/aromatic N) is 3. The molecule has 148 valence electrons. The molecule has 1 saturated heterocycles. The van der Waals surface area contributed by atoms with Gasteiger partial charge >= 0.3 is 0 Å². The summed E-state index contributed by atoms with van der Waals surface area (Å²) in [7, 11) is 1.87. The Morgan fingerprint density at radius 3 is 2.38 bits per heavy atom. The molecule has 0 atom stereocenters. The van der Waals surface area contributed by atoms with E-state index in [1.807, 2.05) is 7.05 Å². The second kappa shape index (κ2) is 11.1. The van der Waals surface area contributed by atoms with Crippen molar-refractivity contribution in [1.82, 2.24) is 20.4 Å². The standard InChI is InChI=1S/C20H35N5.HI/c1-17-7-6-8-18(15-17)16-24-11-13-25(14-12-24)19(21-5)22-9-10-23-20(2,3)4;/h6-8,15,23H,9-14,16H2,1-5H3,(H,21,22);1H. The Bertz CT molecular complexity index is 560. The van der Waals surface area contributed by atoms with Crippen LogP contribution in [-0.4, -0.2) is 67.6 Å². The van der Waals surface area contributed by atoms with Gasteiger partial charge in [-0.15, -0.1) is 24.0 Å². The van der Waals surface area contributed by atoms with Crippen LogP contribution >= 0.6 is 24.0 Å². The van der Waals surface area contributed by atoms with E-state index in [1.165, 1.54) is 11.1 Å². The van der Waals surface area contributed by atoms with E-state index in [-0.39, 0.29) is 29.5 Å². The minimum atomic E-state index is 0. The number of nitrogens with one attached hydrogen (secondary N) is 2. The highest BCUT2D eigenvalue weighted by Crippen LogP contribution is 2.10. The topological polar surface area (TPSA) is 42.9 Å². The van der Waals surface area contributed by atoms with E-state index >= 15 is 0 Å². The number of rotatable bonds is 5. The van der Waals surface area contributed by atoms with Crippen molar-refractivity contribution in [2.24, 2.45) is 4.99 Å². The van der Waals surface area contributed by atoms with Crippen molar-refractivity contribution in [2.45, 2.75) is 39.8 Å². The molecule has 1 fully saturated rings. The average Bonchev–Trinajstić information content (AvgIpc) is 2.55. The van der Waals surface area contributed by atoms with Gasteiger partial charge in [-0.1, -0.05) is 29.8 Å². The first-order chi connectivity index (χ1) is 11.9. The lowest BCUT2D eigenvalue weighted by atomic mass is 10.1. The van der Waals surface area contributed by atoms with Crippen LogP contribution in [0.15, 0.2) is 29.3 Å². The Kier molecular flexibility index (Phi) is 9.89. The van der Waals surface area contributed by atoms with E-state index < -0.39 is 0 Å². The molecule has 0 amide bonds. The lowest BCUT2D eigenvalue weighted by molar-refractivity contribution is 0.172. The van der Waals surface area contributed by atoms with E-state index in [1.54, 1.807) is 0 Å². The van der Waals surface area contributed by atoms with Gasteiger partial charge in [0.05, 0.1) is 0 Å². The maximum absolute atomic E-state index is 4.45. The van der Waals surface area contributed by atoms with Crippen LogP contribution in [0.1, 0.15) is 31.9 Å². The number of aryl methyl sites for hydroxylation is 1. The summed E-state index contributed by atoms with van der Waals surface area (Å²) in [6.45, 7) is 15.8. The van der Waals surface area contributed by atoms with Gasteiger partial charge < -0.3 is 15.5 Å². The minimum absolute atomic E-state index is 0. The van der Waals surface area contributed by atoms with Gasteiger partial charge in [-0.05, 0) is 33.3 Å². The van der Waals surface area contributed by atoms with Crippen molar-refractivity contribution >= 4 is 29.9 Å². The van der Waals surface area contributed by atoms with Crippen molar-refractivity contribution < 1.29 is 0 Å². The molecular weight excluding hydrogens is 437 g/mol. The lowest BCUT2D eigenvalue weighted by Crippen LogP contribution is -2.53. The molecule has 1 aliphatic heterocycles. The van der Waals surface area contributed by atoms with Crippen LogP contribution in [0.5, 0.6) is 0 Å². The van der Waals surface area contributed by atoms with Gasteiger partial charge in [0.25, 0.3) is 0 Å². The highest BCUT2D eigenvalue weighted by Gasteiger charge is 2.19. The van der Waals surface area contributed by atoms with Gasteiger partial charge in [-0.3, -0.25) is 9.89 Å². The summed E-state index contributed by atoms with van der Waals surface area (Å²) in [5.41, 5.74) is 2.90. The van der Waals surface area contributed by atoms with E-state index in [2.05, 4.69) is 77.4 Å². The molecule has 6 heteroatoms. The Morgan fingerprint density at radius 1 is 1.12 bits per heavy atom. The predicted molar refractivity (Wildman–Crippen MR) is 123 cm³/mol. The van der Waals surface area contributed by atoms with Crippen molar-refractivity contribution in [2.75, 3.05) is 46.3 Å². The van der Waals surface area contributed by atoms with Gasteiger partial charge in [0, 0.05) is 58.4 Å². The van der Waals surface area contributed by atoms with Gasteiger partial charge in [0.2, 0.25) is 0 Å². The van der Waals surface area contributed by atoms with Crippen LogP contribution < -0.4 is 10.6 Å². The van der Waals surface area contributed by atoms with Crippen LogP contribution in [-0.2, 0) is 6.54 Å². The molecule has 1 aliphatic rings. The van der Waals surface area contributed by atoms with Gasteiger partial charge in [0.15, 0.2) is 5.96 Å². The predicted octanol–water partition coefficient (Wildman–Crippen LogP) is 2.69. The fourth-order valence-electron chi connectivity index (χ4n) is 3.13. The third kappa shape index (κ3) is 8.22. The molecule has 0 aromatic heterocycles. The first-order valence-electron chi connectivity index (χ1n) is 9.36. The molecule has 2 rings (SSSR count). The highest BCUT2D eigenvalue weighted by molar-refractivity contribution is 14.0. The fourth-order valence-corrected chi connectivity index (χ4v) is 3.13. The summed E-state index contributed by atoms with van der Waals surface area (Å²) < 4.78 is 0. The Hall–Kier alpha value is -0.860. The summed E-state index contributed by atoms with van der Waals surface area (Å²) in [4.78, 5) is 9.34. The highest BCUT2D eigenvalue weighted by atomic mass is 127. The van der Waals surface area contributed by atoms with Gasteiger partial charge in [-0.25, -0.2) is 0 Å². The van der Waals surface area contributed by atoms with Crippen molar-refractivity contribution in [1.29, 1.82) is 0 Å². The van der Waals surface area contributed by atoms with Crippen molar-refractivity contribution in [3.8, 4) is 0 Å². The molecule has 1 aromatic carbocycles. The van der Waals surface area contributed by atoms with E-state index in [0.29, 0.717) is 0 Å². The summed E-state index contributed by atoms with van der Waals surface area (Å²) >= 11 is 0. The molecule has 0 saturated carbocycles.